The summed E-state index contributed by atoms with van der Waals surface area (Å²) in [5, 5.41) is 16.3. The van der Waals surface area contributed by atoms with Crippen molar-refractivity contribution < 1.29 is 0 Å². The van der Waals surface area contributed by atoms with Gasteiger partial charge in [0.2, 0.25) is 5.95 Å². The van der Waals surface area contributed by atoms with E-state index < -0.39 is 0 Å². The maximum atomic E-state index is 6.18. The van der Waals surface area contributed by atoms with E-state index in [1.165, 1.54) is 16.7 Å². The van der Waals surface area contributed by atoms with Crippen molar-refractivity contribution in [2.75, 3.05) is 5.32 Å². The molecule has 0 bridgehead atoms. The second-order valence-corrected chi connectivity index (χ2v) is 6.73. The van der Waals surface area contributed by atoms with Gasteiger partial charge < -0.3 is 5.32 Å². The van der Waals surface area contributed by atoms with E-state index in [0.717, 1.165) is 17.0 Å². The minimum atomic E-state index is 0.0570. The Morgan fingerprint density at radius 2 is 1.96 bits per heavy atom. The van der Waals surface area contributed by atoms with Crippen LogP contribution >= 0.6 is 11.6 Å². The number of hydrogen-bond acceptors (Lipinski definition) is 4. The maximum Gasteiger partial charge on any atom is 0.243 e. The van der Waals surface area contributed by atoms with E-state index in [9.17, 15) is 0 Å². The molecule has 1 aliphatic rings. The highest BCUT2D eigenvalue weighted by Crippen LogP contribution is 2.37. The van der Waals surface area contributed by atoms with E-state index >= 15 is 0 Å². The van der Waals surface area contributed by atoms with Crippen molar-refractivity contribution >= 4 is 17.5 Å². The molecule has 24 heavy (non-hydrogen) atoms. The third kappa shape index (κ3) is 2.65. The molecule has 1 aliphatic heterocycles. The van der Waals surface area contributed by atoms with Gasteiger partial charge in [-0.2, -0.15) is 0 Å². The Bertz CT molecular complexity index is 889. The lowest BCUT2D eigenvalue weighted by Gasteiger charge is -2.31. The maximum absolute atomic E-state index is 6.18. The summed E-state index contributed by atoms with van der Waals surface area (Å²) in [6.45, 7) is 4.27. The molecule has 0 fully saturated rings. The van der Waals surface area contributed by atoms with Gasteiger partial charge in [-0.25, -0.2) is 4.68 Å². The van der Waals surface area contributed by atoms with Gasteiger partial charge in [-0.15, -0.1) is 0 Å². The Labute approximate surface area is 145 Å². The van der Waals surface area contributed by atoms with Gasteiger partial charge in [-0.05, 0) is 65.1 Å². The second kappa shape index (κ2) is 5.91. The fourth-order valence-corrected chi connectivity index (χ4v) is 3.43. The molecule has 5 nitrogen and oxygen atoms in total. The zero-order valence-corrected chi connectivity index (χ0v) is 14.3. The number of benzene rings is 2. The van der Waals surface area contributed by atoms with E-state index in [2.05, 4.69) is 59.0 Å². The third-order valence-electron chi connectivity index (χ3n) is 4.72. The number of aromatic nitrogens is 4. The van der Waals surface area contributed by atoms with Crippen molar-refractivity contribution in [1.29, 1.82) is 0 Å². The first-order valence-corrected chi connectivity index (χ1v) is 8.36. The summed E-state index contributed by atoms with van der Waals surface area (Å²) in [6.07, 6.45) is 0.862. The molecule has 2 atom stereocenters. The molecular formula is C18H18ClN5. The largest absolute Gasteiger partial charge is 0.346 e. The Balaban J connectivity index is 1.74. The highest BCUT2D eigenvalue weighted by atomic mass is 35.5. The van der Waals surface area contributed by atoms with Crippen LogP contribution in [0.3, 0.4) is 0 Å². The van der Waals surface area contributed by atoms with Crippen LogP contribution in [0.15, 0.2) is 42.5 Å². The molecule has 0 unspecified atom stereocenters. The predicted molar refractivity (Wildman–Crippen MR) is 94.3 cm³/mol. The molecule has 0 aliphatic carbocycles. The Hall–Kier alpha value is -2.40. The number of fused-ring (bicyclic) bond motifs is 1. The van der Waals surface area contributed by atoms with E-state index in [4.69, 9.17) is 11.6 Å². The number of tetrazole rings is 1. The van der Waals surface area contributed by atoms with Crippen LogP contribution in [0.5, 0.6) is 0 Å². The molecule has 1 aromatic heterocycles. The molecule has 0 amide bonds. The molecule has 2 aromatic carbocycles. The van der Waals surface area contributed by atoms with Crippen LogP contribution in [0.25, 0.3) is 0 Å². The molecule has 4 rings (SSSR count). The first-order valence-electron chi connectivity index (χ1n) is 7.99. The minimum Gasteiger partial charge on any atom is -0.346 e. The normalized spacial score (nSPS) is 19.6. The number of rotatable bonds is 2. The van der Waals surface area contributed by atoms with E-state index in [1.54, 1.807) is 0 Å². The molecule has 3 aromatic rings. The van der Waals surface area contributed by atoms with Crippen LogP contribution in [0.4, 0.5) is 5.95 Å². The molecule has 0 saturated carbocycles. The van der Waals surface area contributed by atoms with Crippen LogP contribution in [-0.4, -0.2) is 20.2 Å². The van der Waals surface area contributed by atoms with Crippen molar-refractivity contribution in [3.05, 3.63) is 69.7 Å². The minimum absolute atomic E-state index is 0.0570. The number of halogens is 1. The average Bonchev–Trinajstić information content (AvgIpc) is 3.05. The number of nitrogens with zero attached hydrogens (tertiary/aromatic N) is 4. The Morgan fingerprint density at radius 1 is 1.08 bits per heavy atom. The van der Waals surface area contributed by atoms with Gasteiger partial charge in [-0.3, -0.25) is 0 Å². The first-order chi connectivity index (χ1) is 11.6. The van der Waals surface area contributed by atoms with Gasteiger partial charge in [0.1, 0.15) is 0 Å². The predicted octanol–water partition coefficient (Wildman–Crippen LogP) is 4.09. The van der Waals surface area contributed by atoms with E-state index in [-0.39, 0.29) is 12.1 Å². The quantitative estimate of drug-likeness (QED) is 0.764. The third-order valence-corrected chi connectivity index (χ3v) is 4.95. The van der Waals surface area contributed by atoms with Crippen LogP contribution < -0.4 is 5.32 Å². The molecule has 0 radical (unpaired) electrons. The summed E-state index contributed by atoms with van der Waals surface area (Å²) in [5.41, 5.74) is 4.95. The molecule has 122 valence electrons. The number of hydrogen-bond donors (Lipinski definition) is 1. The van der Waals surface area contributed by atoms with Gasteiger partial charge in [0.05, 0.1) is 12.1 Å². The Kier molecular flexibility index (Phi) is 3.73. The topological polar surface area (TPSA) is 55.6 Å². The highest BCUT2D eigenvalue weighted by Gasteiger charge is 2.30. The van der Waals surface area contributed by atoms with Crippen molar-refractivity contribution in [2.45, 2.75) is 32.4 Å². The van der Waals surface area contributed by atoms with Gasteiger partial charge in [0, 0.05) is 5.02 Å². The van der Waals surface area contributed by atoms with Gasteiger partial charge in [0.15, 0.2) is 0 Å². The van der Waals surface area contributed by atoms with Crippen molar-refractivity contribution in [1.82, 2.24) is 20.2 Å². The smallest absolute Gasteiger partial charge is 0.243 e. The molecule has 2 heterocycles. The summed E-state index contributed by atoms with van der Waals surface area (Å²) in [5.74, 6) is 0.689. The lowest BCUT2D eigenvalue weighted by Crippen LogP contribution is -2.28. The number of anilines is 1. The first kappa shape index (κ1) is 15.1. The zero-order valence-electron chi connectivity index (χ0n) is 13.6. The fraction of sp³-hybridized carbons (Fsp3) is 0.278. The van der Waals surface area contributed by atoms with E-state index in [1.807, 2.05) is 22.9 Å². The van der Waals surface area contributed by atoms with Crippen molar-refractivity contribution in [3.63, 3.8) is 0 Å². The van der Waals surface area contributed by atoms with Crippen LogP contribution in [0.2, 0.25) is 5.02 Å². The summed E-state index contributed by atoms with van der Waals surface area (Å²) >= 11 is 6.18. The summed E-state index contributed by atoms with van der Waals surface area (Å²) in [6, 6.07) is 14.7. The molecule has 1 N–H and O–H groups in total. The van der Waals surface area contributed by atoms with Crippen molar-refractivity contribution in [2.24, 2.45) is 0 Å². The van der Waals surface area contributed by atoms with Crippen LogP contribution in [-0.2, 0) is 0 Å². The highest BCUT2D eigenvalue weighted by molar-refractivity contribution is 6.30. The zero-order chi connectivity index (χ0) is 16.7. The summed E-state index contributed by atoms with van der Waals surface area (Å²) in [4.78, 5) is 0. The van der Waals surface area contributed by atoms with Crippen molar-refractivity contribution in [3.8, 4) is 0 Å². The SMILES string of the molecule is Cc1ccc([C@H]2C[C@@H](c3cccc(Cl)c3)n3nnnc3N2)cc1C. The molecule has 0 spiro atoms. The Morgan fingerprint density at radius 3 is 2.75 bits per heavy atom. The van der Waals surface area contributed by atoms with Gasteiger partial charge in [0.25, 0.3) is 0 Å². The van der Waals surface area contributed by atoms with Crippen LogP contribution in [0, 0.1) is 13.8 Å². The monoisotopic (exact) mass is 339 g/mol. The van der Waals surface area contributed by atoms with Gasteiger partial charge in [-0.1, -0.05) is 47.0 Å². The number of nitrogens with one attached hydrogen (secondary N) is 1. The second-order valence-electron chi connectivity index (χ2n) is 6.29. The van der Waals surface area contributed by atoms with Gasteiger partial charge >= 0.3 is 0 Å². The number of aryl methyl sites for hydroxylation is 2. The standard InChI is InChI=1S/C18H18ClN5/c1-11-6-7-13(8-12(11)2)16-10-17(14-4-3-5-15(19)9-14)24-18(20-16)21-22-23-24/h3-9,16-17H,10H2,1-2H3,(H,20,21,23)/t16-,17+/m1/s1. The average molecular weight is 340 g/mol. The molecule has 0 saturated heterocycles. The summed E-state index contributed by atoms with van der Waals surface area (Å²) in [7, 11) is 0. The molecule has 6 heteroatoms. The van der Waals surface area contributed by atoms with Crippen LogP contribution in [0.1, 0.15) is 40.8 Å². The fourth-order valence-electron chi connectivity index (χ4n) is 3.23. The van der Waals surface area contributed by atoms with E-state index in [0.29, 0.717) is 5.95 Å². The summed E-state index contributed by atoms with van der Waals surface area (Å²) < 4.78 is 1.84. The lowest BCUT2D eigenvalue weighted by molar-refractivity contribution is 0.423. The molecular weight excluding hydrogens is 322 g/mol. The lowest BCUT2D eigenvalue weighted by atomic mass is 9.92.